The van der Waals surface area contributed by atoms with Crippen molar-refractivity contribution in [3.05, 3.63) is 46.0 Å². The van der Waals surface area contributed by atoms with Gasteiger partial charge < -0.3 is 5.32 Å². The molecule has 0 fully saturated rings. The summed E-state index contributed by atoms with van der Waals surface area (Å²) in [5, 5.41) is 3.85. The molecule has 0 saturated carbocycles. The lowest BCUT2D eigenvalue weighted by Crippen LogP contribution is -2.20. The molecule has 1 rings (SSSR count). The standard InChI is InChI=1S/C11H11Cl2NO/c1-2-3-11(15)14-7-8-4-5-9(12)6-10(8)13/h2-6H,7H2,1H3,(H,14,15)/b3-2+. The number of carbonyl (C=O) groups is 1. The first-order valence-electron chi connectivity index (χ1n) is 4.48. The summed E-state index contributed by atoms with van der Waals surface area (Å²) in [6, 6.07) is 5.19. The van der Waals surface area contributed by atoms with Crippen LogP contribution in [0.15, 0.2) is 30.4 Å². The molecule has 0 aliphatic rings. The number of hydrogen-bond donors (Lipinski definition) is 1. The van der Waals surface area contributed by atoms with Gasteiger partial charge in [0.2, 0.25) is 5.91 Å². The number of hydrogen-bond acceptors (Lipinski definition) is 1. The normalized spacial score (nSPS) is 10.6. The maximum Gasteiger partial charge on any atom is 0.243 e. The Morgan fingerprint density at radius 3 is 2.80 bits per heavy atom. The SMILES string of the molecule is C/C=C/C(=O)NCc1ccc(Cl)cc1Cl. The summed E-state index contributed by atoms with van der Waals surface area (Å²) in [4.78, 5) is 11.1. The molecule has 0 aliphatic heterocycles. The van der Waals surface area contributed by atoms with E-state index in [0.717, 1.165) is 5.56 Å². The summed E-state index contributed by atoms with van der Waals surface area (Å²) in [6.45, 7) is 2.19. The Morgan fingerprint density at radius 1 is 1.47 bits per heavy atom. The lowest BCUT2D eigenvalue weighted by molar-refractivity contribution is -0.116. The largest absolute Gasteiger partial charge is 0.348 e. The molecule has 15 heavy (non-hydrogen) atoms. The van der Waals surface area contributed by atoms with Gasteiger partial charge in [0.05, 0.1) is 0 Å². The van der Waals surface area contributed by atoms with E-state index < -0.39 is 0 Å². The molecule has 2 nitrogen and oxygen atoms in total. The second-order valence-electron chi connectivity index (χ2n) is 2.95. The highest BCUT2D eigenvalue weighted by atomic mass is 35.5. The molecule has 4 heteroatoms. The van der Waals surface area contributed by atoms with Gasteiger partial charge in [0.15, 0.2) is 0 Å². The molecule has 1 amide bonds. The van der Waals surface area contributed by atoms with Crippen molar-refractivity contribution in [1.29, 1.82) is 0 Å². The number of carbonyl (C=O) groups excluding carboxylic acids is 1. The summed E-state index contributed by atoms with van der Waals surface area (Å²) in [6.07, 6.45) is 3.14. The number of rotatable bonds is 3. The van der Waals surface area contributed by atoms with Gasteiger partial charge in [-0.15, -0.1) is 0 Å². The topological polar surface area (TPSA) is 29.1 Å². The fourth-order valence-electron chi connectivity index (χ4n) is 1.06. The molecule has 0 atom stereocenters. The fourth-order valence-corrected chi connectivity index (χ4v) is 1.53. The Hall–Kier alpha value is -0.990. The van der Waals surface area contributed by atoms with Crippen LogP contribution in [0.4, 0.5) is 0 Å². The lowest BCUT2D eigenvalue weighted by Gasteiger charge is -2.05. The van der Waals surface area contributed by atoms with E-state index in [-0.39, 0.29) is 5.91 Å². The zero-order valence-corrected chi connectivity index (χ0v) is 9.77. The number of halogens is 2. The van der Waals surface area contributed by atoms with Gasteiger partial charge in [0.25, 0.3) is 0 Å². The van der Waals surface area contributed by atoms with Gasteiger partial charge in [0.1, 0.15) is 0 Å². The van der Waals surface area contributed by atoms with Crippen LogP contribution in [0.3, 0.4) is 0 Å². The van der Waals surface area contributed by atoms with Crippen molar-refractivity contribution >= 4 is 29.1 Å². The van der Waals surface area contributed by atoms with Crippen molar-refractivity contribution in [3.8, 4) is 0 Å². The van der Waals surface area contributed by atoms with Gasteiger partial charge in [-0.1, -0.05) is 35.3 Å². The Balaban J connectivity index is 2.62. The first-order chi connectivity index (χ1) is 7.13. The molecule has 0 aromatic heterocycles. The summed E-state index contributed by atoms with van der Waals surface area (Å²) in [7, 11) is 0. The van der Waals surface area contributed by atoms with Crippen LogP contribution in [-0.4, -0.2) is 5.91 Å². The number of amides is 1. The van der Waals surface area contributed by atoms with Crippen molar-refractivity contribution < 1.29 is 4.79 Å². The minimum absolute atomic E-state index is 0.136. The predicted molar refractivity (Wildman–Crippen MR) is 63.1 cm³/mol. The smallest absolute Gasteiger partial charge is 0.243 e. The van der Waals surface area contributed by atoms with Gasteiger partial charge in [0, 0.05) is 16.6 Å². The van der Waals surface area contributed by atoms with Crippen molar-refractivity contribution in [3.63, 3.8) is 0 Å². The number of allylic oxidation sites excluding steroid dienone is 1. The third kappa shape index (κ3) is 3.94. The highest BCUT2D eigenvalue weighted by molar-refractivity contribution is 6.35. The van der Waals surface area contributed by atoms with E-state index in [1.165, 1.54) is 6.08 Å². The Labute approximate surface area is 98.9 Å². The molecule has 0 unspecified atom stereocenters. The van der Waals surface area contributed by atoms with Crippen molar-refractivity contribution in [2.45, 2.75) is 13.5 Å². The summed E-state index contributed by atoms with van der Waals surface area (Å²) in [5.41, 5.74) is 0.846. The average Bonchev–Trinajstić information content (AvgIpc) is 2.17. The van der Waals surface area contributed by atoms with E-state index in [9.17, 15) is 4.79 Å². The van der Waals surface area contributed by atoms with E-state index in [4.69, 9.17) is 23.2 Å². The molecule has 0 aliphatic carbocycles. The molecule has 0 radical (unpaired) electrons. The molecule has 0 bridgehead atoms. The van der Waals surface area contributed by atoms with E-state index in [2.05, 4.69) is 5.32 Å². The molecular weight excluding hydrogens is 233 g/mol. The lowest BCUT2D eigenvalue weighted by atomic mass is 10.2. The van der Waals surface area contributed by atoms with E-state index in [1.54, 1.807) is 31.2 Å². The van der Waals surface area contributed by atoms with Gasteiger partial charge >= 0.3 is 0 Å². The van der Waals surface area contributed by atoms with Crippen LogP contribution in [0.1, 0.15) is 12.5 Å². The Kier molecular flexibility index (Phi) is 4.66. The van der Waals surface area contributed by atoms with Crippen molar-refractivity contribution in [2.24, 2.45) is 0 Å². The Bertz CT molecular complexity index is 388. The second kappa shape index (κ2) is 5.79. The van der Waals surface area contributed by atoms with Gasteiger partial charge in [-0.05, 0) is 30.7 Å². The van der Waals surface area contributed by atoms with Crippen LogP contribution in [0.5, 0.6) is 0 Å². The van der Waals surface area contributed by atoms with Crippen LogP contribution >= 0.6 is 23.2 Å². The third-order valence-corrected chi connectivity index (χ3v) is 2.37. The maximum atomic E-state index is 11.1. The van der Waals surface area contributed by atoms with Crippen LogP contribution in [0.25, 0.3) is 0 Å². The first kappa shape index (κ1) is 12.1. The van der Waals surface area contributed by atoms with Gasteiger partial charge in [-0.2, -0.15) is 0 Å². The second-order valence-corrected chi connectivity index (χ2v) is 3.80. The molecule has 0 heterocycles. The highest BCUT2D eigenvalue weighted by Crippen LogP contribution is 2.20. The van der Waals surface area contributed by atoms with Crippen LogP contribution in [0, 0.1) is 0 Å². The molecular formula is C11H11Cl2NO. The highest BCUT2D eigenvalue weighted by Gasteiger charge is 2.02. The molecule has 0 spiro atoms. The Morgan fingerprint density at radius 2 is 2.20 bits per heavy atom. The minimum atomic E-state index is -0.136. The predicted octanol–water partition coefficient (Wildman–Crippen LogP) is 3.19. The zero-order valence-electron chi connectivity index (χ0n) is 8.26. The van der Waals surface area contributed by atoms with Crippen LogP contribution in [-0.2, 0) is 11.3 Å². The molecule has 1 aromatic rings. The number of nitrogens with one attached hydrogen (secondary N) is 1. The van der Waals surface area contributed by atoms with Crippen LogP contribution in [0.2, 0.25) is 10.0 Å². The molecule has 0 saturated heterocycles. The van der Waals surface area contributed by atoms with Crippen LogP contribution < -0.4 is 5.32 Å². The summed E-state index contributed by atoms with van der Waals surface area (Å²) in [5.74, 6) is -0.136. The molecule has 1 N–H and O–H groups in total. The third-order valence-electron chi connectivity index (χ3n) is 1.79. The minimum Gasteiger partial charge on any atom is -0.348 e. The van der Waals surface area contributed by atoms with Crippen molar-refractivity contribution in [2.75, 3.05) is 0 Å². The zero-order chi connectivity index (χ0) is 11.3. The van der Waals surface area contributed by atoms with Gasteiger partial charge in [-0.25, -0.2) is 0 Å². The average molecular weight is 244 g/mol. The van der Waals surface area contributed by atoms with Crippen molar-refractivity contribution in [1.82, 2.24) is 5.32 Å². The summed E-state index contributed by atoms with van der Waals surface area (Å²) < 4.78 is 0. The number of benzene rings is 1. The van der Waals surface area contributed by atoms with E-state index in [0.29, 0.717) is 16.6 Å². The molecule has 80 valence electrons. The van der Waals surface area contributed by atoms with E-state index >= 15 is 0 Å². The quantitative estimate of drug-likeness (QED) is 0.813. The summed E-state index contributed by atoms with van der Waals surface area (Å²) >= 11 is 11.7. The molecule has 1 aromatic carbocycles. The fraction of sp³-hybridized carbons (Fsp3) is 0.182. The van der Waals surface area contributed by atoms with E-state index in [1.807, 2.05) is 0 Å². The maximum absolute atomic E-state index is 11.1. The van der Waals surface area contributed by atoms with Gasteiger partial charge in [-0.3, -0.25) is 4.79 Å². The first-order valence-corrected chi connectivity index (χ1v) is 5.23. The monoisotopic (exact) mass is 243 g/mol.